The lowest BCUT2D eigenvalue weighted by atomic mass is 9.92. The third-order valence-electron chi connectivity index (χ3n) is 2.88. The van der Waals surface area contributed by atoms with Gasteiger partial charge in [0.1, 0.15) is 5.54 Å². The number of esters is 1. The van der Waals surface area contributed by atoms with Gasteiger partial charge in [-0.15, -0.1) is 0 Å². The van der Waals surface area contributed by atoms with Crippen LogP contribution in [0.5, 0.6) is 0 Å². The molecule has 2 unspecified atom stereocenters. The molecular weight excluding hydrogens is 182 g/mol. The summed E-state index contributed by atoms with van der Waals surface area (Å²) in [5, 5.41) is 11.9. The van der Waals surface area contributed by atoms with Crippen LogP contribution in [0.4, 0.5) is 0 Å². The van der Waals surface area contributed by atoms with Gasteiger partial charge >= 0.3 is 5.97 Å². The molecule has 0 saturated carbocycles. The normalized spacial score (nSPS) is 31.8. The van der Waals surface area contributed by atoms with E-state index in [-0.39, 0.29) is 12.6 Å². The predicted octanol–water partition coefficient (Wildman–Crippen LogP) is 0.300. The largest absolute Gasteiger partial charge is 0.468 e. The SMILES string of the molecule is COC(=O)C1(C)CC(CCCO)CN1. The summed E-state index contributed by atoms with van der Waals surface area (Å²) in [5.74, 6) is 0.287. The number of rotatable bonds is 4. The first kappa shape index (κ1) is 11.5. The van der Waals surface area contributed by atoms with E-state index >= 15 is 0 Å². The van der Waals surface area contributed by atoms with Gasteiger partial charge in [0.2, 0.25) is 0 Å². The Morgan fingerprint density at radius 2 is 2.43 bits per heavy atom. The molecule has 0 amide bonds. The lowest BCUT2D eigenvalue weighted by molar-refractivity contribution is -0.147. The van der Waals surface area contributed by atoms with E-state index in [2.05, 4.69) is 5.32 Å². The summed E-state index contributed by atoms with van der Waals surface area (Å²) in [6.07, 6.45) is 2.58. The molecule has 82 valence electrons. The number of hydrogen-bond donors (Lipinski definition) is 2. The van der Waals surface area contributed by atoms with Gasteiger partial charge in [-0.25, -0.2) is 0 Å². The van der Waals surface area contributed by atoms with E-state index in [1.165, 1.54) is 7.11 Å². The third kappa shape index (κ3) is 2.45. The standard InChI is InChI=1S/C10H19NO3/c1-10(9(13)14-2)6-8(7-11-10)4-3-5-12/h8,11-12H,3-7H2,1-2H3. The summed E-state index contributed by atoms with van der Waals surface area (Å²) in [5.41, 5.74) is -0.519. The molecule has 0 bridgehead atoms. The van der Waals surface area contributed by atoms with E-state index in [0.29, 0.717) is 5.92 Å². The molecule has 2 N–H and O–H groups in total. The van der Waals surface area contributed by atoms with Gasteiger partial charge in [0.15, 0.2) is 0 Å². The first-order valence-electron chi connectivity index (χ1n) is 5.06. The fourth-order valence-corrected chi connectivity index (χ4v) is 2.06. The molecule has 2 atom stereocenters. The van der Waals surface area contributed by atoms with Gasteiger partial charge in [0, 0.05) is 6.61 Å². The molecule has 1 aliphatic rings. The van der Waals surface area contributed by atoms with Crippen LogP contribution in [0.1, 0.15) is 26.2 Å². The molecule has 4 heteroatoms. The van der Waals surface area contributed by atoms with E-state index in [4.69, 9.17) is 9.84 Å². The molecule has 0 aromatic rings. The number of carbonyl (C=O) groups is 1. The third-order valence-corrected chi connectivity index (χ3v) is 2.88. The van der Waals surface area contributed by atoms with Gasteiger partial charge in [0.05, 0.1) is 7.11 Å². The minimum absolute atomic E-state index is 0.191. The fraction of sp³-hybridized carbons (Fsp3) is 0.900. The lowest BCUT2D eigenvalue weighted by Gasteiger charge is -2.20. The smallest absolute Gasteiger partial charge is 0.325 e. The molecule has 14 heavy (non-hydrogen) atoms. The van der Waals surface area contributed by atoms with Crippen LogP contribution in [0.3, 0.4) is 0 Å². The average Bonchev–Trinajstić information content (AvgIpc) is 2.57. The van der Waals surface area contributed by atoms with Crippen LogP contribution in [0.15, 0.2) is 0 Å². The van der Waals surface area contributed by atoms with Crippen molar-refractivity contribution >= 4 is 5.97 Å². The minimum atomic E-state index is -0.519. The molecule has 0 aliphatic carbocycles. The number of methoxy groups -OCH3 is 1. The Bertz CT molecular complexity index is 208. The molecule has 0 spiro atoms. The molecular formula is C10H19NO3. The summed E-state index contributed by atoms with van der Waals surface area (Å²) >= 11 is 0. The highest BCUT2D eigenvalue weighted by Gasteiger charge is 2.41. The zero-order valence-electron chi connectivity index (χ0n) is 8.88. The maximum atomic E-state index is 11.4. The van der Waals surface area contributed by atoms with Gasteiger partial charge < -0.3 is 15.2 Å². The number of nitrogens with one attached hydrogen (secondary N) is 1. The second-order valence-electron chi connectivity index (χ2n) is 4.14. The van der Waals surface area contributed by atoms with Crippen molar-refractivity contribution in [1.29, 1.82) is 0 Å². The summed E-state index contributed by atoms with van der Waals surface area (Å²) < 4.78 is 4.74. The summed E-state index contributed by atoms with van der Waals surface area (Å²) in [6.45, 7) is 2.94. The van der Waals surface area contributed by atoms with E-state index < -0.39 is 5.54 Å². The quantitative estimate of drug-likeness (QED) is 0.642. The van der Waals surface area contributed by atoms with Gasteiger partial charge in [-0.3, -0.25) is 4.79 Å². The molecule has 1 saturated heterocycles. The number of carbonyl (C=O) groups excluding carboxylic acids is 1. The van der Waals surface area contributed by atoms with E-state index in [0.717, 1.165) is 25.8 Å². The predicted molar refractivity (Wildman–Crippen MR) is 52.9 cm³/mol. The van der Waals surface area contributed by atoms with Crippen LogP contribution in [-0.2, 0) is 9.53 Å². The zero-order valence-corrected chi connectivity index (χ0v) is 8.88. The summed E-state index contributed by atoms with van der Waals surface area (Å²) in [6, 6.07) is 0. The van der Waals surface area contributed by atoms with E-state index in [9.17, 15) is 4.79 Å². The van der Waals surface area contributed by atoms with Crippen molar-refractivity contribution in [3.63, 3.8) is 0 Å². The summed E-state index contributed by atoms with van der Waals surface area (Å²) in [4.78, 5) is 11.4. The molecule has 1 rings (SSSR count). The second-order valence-corrected chi connectivity index (χ2v) is 4.14. The van der Waals surface area contributed by atoms with Crippen molar-refractivity contribution in [2.45, 2.75) is 31.7 Å². The summed E-state index contributed by atoms with van der Waals surface area (Å²) in [7, 11) is 1.41. The van der Waals surface area contributed by atoms with Crippen molar-refractivity contribution in [2.75, 3.05) is 20.3 Å². The van der Waals surface area contributed by atoms with Gasteiger partial charge in [-0.2, -0.15) is 0 Å². The van der Waals surface area contributed by atoms with Crippen molar-refractivity contribution in [3.8, 4) is 0 Å². The highest BCUT2D eigenvalue weighted by molar-refractivity contribution is 5.80. The molecule has 1 heterocycles. The maximum Gasteiger partial charge on any atom is 0.325 e. The zero-order chi connectivity index (χ0) is 10.6. The Morgan fingerprint density at radius 1 is 1.71 bits per heavy atom. The minimum Gasteiger partial charge on any atom is -0.468 e. The average molecular weight is 201 g/mol. The Labute approximate surface area is 84.6 Å². The van der Waals surface area contributed by atoms with Crippen LogP contribution < -0.4 is 5.32 Å². The first-order valence-corrected chi connectivity index (χ1v) is 5.06. The van der Waals surface area contributed by atoms with Crippen molar-refractivity contribution in [3.05, 3.63) is 0 Å². The van der Waals surface area contributed by atoms with Crippen LogP contribution in [-0.4, -0.2) is 36.9 Å². The lowest BCUT2D eigenvalue weighted by Crippen LogP contribution is -2.45. The van der Waals surface area contributed by atoms with Crippen LogP contribution >= 0.6 is 0 Å². The van der Waals surface area contributed by atoms with Crippen LogP contribution in [0, 0.1) is 5.92 Å². The number of hydrogen-bond acceptors (Lipinski definition) is 4. The van der Waals surface area contributed by atoms with Gasteiger partial charge in [-0.05, 0) is 38.6 Å². The van der Waals surface area contributed by atoms with Crippen molar-refractivity contribution < 1.29 is 14.6 Å². The maximum absolute atomic E-state index is 11.4. The molecule has 4 nitrogen and oxygen atoms in total. The molecule has 1 fully saturated rings. The molecule has 0 aromatic heterocycles. The Balaban J connectivity index is 2.42. The Kier molecular flexibility index (Phi) is 3.89. The van der Waals surface area contributed by atoms with Crippen molar-refractivity contribution in [2.24, 2.45) is 5.92 Å². The monoisotopic (exact) mass is 201 g/mol. The van der Waals surface area contributed by atoms with Crippen molar-refractivity contribution in [1.82, 2.24) is 5.32 Å². The first-order chi connectivity index (χ1) is 6.62. The second kappa shape index (κ2) is 4.75. The Hall–Kier alpha value is -0.610. The topological polar surface area (TPSA) is 58.6 Å². The van der Waals surface area contributed by atoms with Crippen LogP contribution in [0.2, 0.25) is 0 Å². The number of aliphatic hydroxyl groups excluding tert-OH is 1. The molecule has 1 aliphatic heterocycles. The molecule has 0 aromatic carbocycles. The highest BCUT2D eigenvalue weighted by atomic mass is 16.5. The number of ether oxygens (including phenoxy) is 1. The van der Waals surface area contributed by atoms with Crippen LogP contribution in [0.25, 0.3) is 0 Å². The number of aliphatic hydroxyl groups is 1. The molecule has 0 radical (unpaired) electrons. The van der Waals surface area contributed by atoms with Gasteiger partial charge in [0.25, 0.3) is 0 Å². The van der Waals surface area contributed by atoms with E-state index in [1.807, 2.05) is 6.92 Å². The van der Waals surface area contributed by atoms with Gasteiger partial charge in [-0.1, -0.05) is 0 Å². The van der Waals surface area contributed by atoms with E-state index in [1.54, 1.807) is 0 Å². The highest BCUT2D eigenvalue weighted by Crippen LogP contribution is 2.27. The Morgan fingerprint density at radius 3 is 3.00 bits per heavy atom. The fourth-order valence-electron chi connectivity index (χ4n) is 2.06.